The summed E-state index contributed by atoms with van der Waals surface area (Å²) in [7, 11) is 6.66. The summed E-state index contributed by atoms with van der Waals surface area (Å²) in [5.74, 6) is 0. The maximum atomic E-state index is 9.50. The summed E-state index contributed by atoms with van der Waals surface area (Å²) < 4.78 is 10.3. The normalized spacial score (nSPS) is 8.00. The second-order valence-corrected chi connectivity index (χ2v) is 3.69. The first kappa shape index (κ1) is 30.6. The monoisotopic (exact) mass is 276 g/mol. The highest BCUT2D eigenvalue weighted by Gasteiger charge is 2.02. The summed E-state index contributed by atoms with van der Waals surface area (Å²) in [6.45, 7) is 6.91. The second kappa shape index (κ2) is 36.0. The molecule has 0 spiro atoms. The Kier molecular flexibility index (Phi) is 61.2. The first-order chi connectivity index (χ1) is 8.30. The van der Waals surface area contributed by atoms with E-state index in [4.69, 9.17) is 20.4 Å². The van der Waals surface area contributed by atoms with Crippen molar-refractivity contribution in [2.45, 2.75) is 20.8 Å². The summed E-state index contributed by atoms with van der Waals surface area (Å²) in [6, 6.07) is 0. The largest absolute Gasteiger partial charge is 0.397 e. The van der Waals surface area contributed by atoms with E-state index in [9.17, 15) is 4.39 Å². The summed E-state index contributed by atoms with van der Waals surface area (Å²) >= 11 is 0. The van der Waals surface area contributed by atoms with Crippen molar-refractivity contribution in [3.8, 4) is 0 Å². The molecule has 0 amide bonds. The Bertz CT molecular complexity index is 85.9. The van der Waals surface area contributed by atoms with Crippen LogP contribution in [0.3, 0.4) is 0 Å². The van der Waals surface area contributed by atoms with Crippen molar-refractivity contribution >= 4 is 0 Å². The Morgan fingerprint density at radius 2 is 0.889 bits per heavy atom. The fraction of sp³-hybridized carbons (Fsp3) is 1.00. The van der Waals surface area contributed by atoms with Crippen LogP contribution in [-0.2, 0) is 0 Å². The van der Waals surface area contributed by atoms with Crippen molar-refractivity contribution in [1.82, 2.24) is 0 Å². The molecule has 0 heterocycles. The zero-order valence-corrected chi connectivity index (χ0v) is 13.1. The van der Waals surface area contributed by atoms with Crippen LogP contribution in [0, 0.1) is 0 Å². The molecule has 0 aromatic rings. The van der Waals surface area contributed by atoms with Crippen LogP contribution in [0.2, 0.25) is 0 Å². The molecule has 0 aliphatic carbocycles. The van der Waals surface area contributed by atoms with Gasteiger partial charge in [0.2, 0.25) is 0 Å². The van der Waals surface area contributed by atoms with E-state index in [-0.39, 0.29) is 26.4 Å². The van der Waals surface area contributed by atoms with Crippen molar-refractivity contribution in [3.63, 3.8) is 0 Å². The summed E-state index contributed by atoms with van der Waals surface area (Å²) in [4.78, 5) is 0. The molecule has 4 N–H and O–H groups in total. The minimum atomic E-state index is 0.250. The van der Waals surface area contributed by atoms with Gasteiger partial charge in [-0.2, -0.15) is 0 Å². The van der Waals surface area contributed by atoms with Gasteiger partial charge >= 0.3 is 0 Å². The first-order valence-corrected chi connectivity index (χ1v) is 5.92. The van der Waals surface area contributed by atoms with Crippen LogP contribution < -0.4 is 0 Å². The number of halogens is 1. The molecular weight excluding hydrogens is 241 g/mol. The highest BCUT2D eigenvalue weighted by atomic mass is 19.1. The van der Waals surface area contributed by atoms with E-state index in [0.717, 1.165) is 11.0 Å². The molecule has 0 bridgehead atoms. The van der Waals surface area contributed by atoms with E-state index in [2.05, 4.69) is 21.1 Å². The zero-order valence-electron chi connectivity index (χ0n) is 13.1. The maximum absolute atomic E-state index is 9.50. The van der Waals surface area contributed by atoms with Crippen molar-refractivity contribution in [2.75, 3.05) is 61.3 Å². The van der Waals surface area contributed by atoms with Crippen molar-refractivity contribution in [2.24, 2.45) is 0 Å². The quantitative estimate of drug-likeness (QED) is 0.546. The van der Waals surface area contributed by atoms with E-state index in [1.54, 1.807) is 20.8 Å². The number of nitrogens with zero attached hydrogens (tertiary/aromatic N) is 1. The number of quaternary nitrogens is 1. The topological polar surface area (TPSA) is 80.9 Å². The molecule has 0 saturated heterocycles. The lowest BCUT2D eigenvalue weighted by molar-refractivity contribution is -0.870. The van der Waals surface area contributed by atoms with Gasteiger partial charge in [-0.25, -0.2) is 0 Å². The smallest absolute Gasteiger partial charge is 0.101 e. The van der Waals surface area contributed by atoms with E-state index in [1.807, 2.05) is 0 Å². The fourth-order valence-electron chi connectivity index (χ4n) is 0.300. The standard InChI is InChI=1S/C5H14NO.3C2H6O.CH3F/c1-6(2,3)4-5-7;3*1-2-3;1-2/h7H,4-5H2,1-3H3;3*3H,2H2,1H3;1H3/q+1;;;;. The van der Waals surface area contributed by atoms with E-state index in [1.165, 1.54) is 0 Å². The van der Waals surface area contributed by atoms with Gasteiger partial charge in [0.25, 0.3) is 0 Å². The highest BCUT2D eigenvalue weighted by molar-refractivity contribution is 4.19. The van der Waals surface area contributed by atoms with Gasteiger partial charge in [-0.05, 0) is 20.8 Å². The third-order valence-electron chi connectivity index (χ3n) is 0.771. The van der Waals surface area contributed by atoms with Gasteiger partial charge in [0, 0.05) is 19.8 Å². The van der Waals surface area contributed by atoms with E-state index >= 15 is 0 Å². The lowest BCUT2D eigenvalue weighted by Crippen LogP contribution is -2.36. The molecule has 0 fully saturated rings. The predicted molar refractivity (Wildman–Crippen MR) is 75.3 cm³/mol. The molecular formula is C12H35FNO4+. The number of aliphatic hydroxyl groups is 4. The van der Waals surface area contributed by atoms with E-state index < -0.39 is 0 Å². The lowest BCUT2D eigenvalue weighted by atomic mass is 10.5. The predicted octanol–water partition coefficient (Wildman–Crippen LogP) is 0.266. The van der Waals surface area contributed by atoms with Crippen LogP contribution in [-0.4, -0.2) is 86.2 Å². The van der Waals surface area contributed by atoms with Gasteiger partial charge in [-0.1, -0.05) is 0 Å². The molecule has 0 saturated carbocycles. The molecule has 18 heavy (non-hydrogen) atoms. The number of hydrogen-bond donors (Lipinski definition) is 4. The van der Waals surface area contributed by atoms with Crippen LogP contribution >= 0.6 is 0 Å². The molecule has 0 aromatic heterocycles. The minimum absolute atomic E-state index is 0.250. The molecule has 118 valence electrons. The molecule has 0 atom stereocenters. The number of rotatable bonds is 2. The SMILES string of the molecule is CCO.CCO.CCO.CF.C[N+](C)(C)CCO. The van der Waals surface area contributed by atoms with Crippen LogP contribution in [0.15, 0.2) is 0 Å². The van der Waals surface area contributed by atoms with Crippen molar-refractivity contribution in [1.29, 1.82) is 0 Å². The molecule has 0 radical (unpaired) electrons. The van der Waals surface area contributed by atoms with Gasteiger partial charge in [0.05, 0.1) is 34.9 Å². The molecule has 6 heteroatoms. The third kappa shape index (κ3) is 245. The zero-order chi connectivity index (χ0) is 16.0. The molecule has 0 aliphatic heterocycles. The van der Waals surface area contributed by atoms with E-state index in [0.29, 0.717) is 7.18 Å². The average Bonchev–Trinajstić information content (AvgIpc) is 2.22. The van der Waals surface area contributed by atoms with Gasteiger partial charge in [0.15, 0.2) is 0 Å². The summed E-state index contributed by atoms with van der Waals surface area (Å²) in [5, 5.41) is 31.1. The van der Waals surface area contributed by atoms with Gasteiger partial charge in [-0.3, -0.25) is 4.39 Å². The summed E-state index contributed by atoms with van der Waals surface area (Å²) in [5.41, 5.74) is 0. The molecule has 5 nitrogen and oxygen atoms in total. The Balaban J connectivity index is -0.0000000437. The average molecular weight is 276 g/mol. The summed E-state index contributed by atoms with van der Waals surface area (Å²) in [6.07, 6.45) is 0. The Hall–Kier alpha value is -0.270. The third-order valence-corrected chi connectivity index (χ3v) is 0.771. The highest BCUT2D eigenvalue weighted by Crippen LogP contribution is 1.84. The second-order valence-electron chi connectivity index (χ2n) is 3.69. The van der Waals surface area contributed by atoms with Crippen molar-refractivity contribution in [3.05, 3.63) is 0 Å². The van der Waals surface area contributed by atoms with Gasteiger partial charge in [0.1, 0.15) is 6.54 Å². The number of alkyl halides is 1. The number of hydrogen-bond acceptors (Lipinski definition) is 4. The van der Waals surface area contributed by atoms with Crippen LogP contribution in [0.4, 0.5) is 4.39 Å². The molecule has 0 unspecified atom stereocenters. The first-order valence-electron chi connectivity index (χ1n) is 5.92. The minimum Gasteiger partial charge on any atom is -0.397 e. The molecule has 0 aromatic carbocycles. The lowest BCUT2D eigenvalue weighted by Gasteiger charge is -2.21. The Morgan fingerprint density at radius 3 is 0.889 bits per heavy atom. The van der Waals surface area contributed by atoms with Gasteiger partial charge in [-0.15, -0.1) is 0 Å². The Morgan fingerprint density at radius 1 is 0.722 bits per heavy atom. The van der Waals surface area contributed by atoms with Crippen LogP contribution in [0.25, 0.3) is 0 Å². The Labute approximate surface area is 112 Å². The van der Waals surface area contributed by atoms with Crippen LogP contribution in [0.5, 0.6) is 0 Å². The maximum Gasteiger partial charge on any atom is 0.101 e. The molecule has 0 rings (SSSR count). The fourth-order valence-corrected chi connectivity index (χ4v) is 0.300. The van der Waals surface area contributed by atoms with Gasteiger partial charge < -0.3 is 24.9 Å². The van der Waals surface area contributed by atoms with Crippen molar-refractivity contribution < 1.29 is 29.3 Å². The molecule has 0 aliphatic rings. The number of aliphatic hydroxyl groups excluding tert-OH is 4. The van der Waals surface area contributed by atoms with Crippen LogP contribution in [0.1, 0.15) is 20.8 Å². The number of likely N-dealkylation sites (N-methyl/N-ethyl adjacent to an activating group) is 1.